The van der Waals surface area contributed by atoms with Gasteiger partial charge in [0, 0.05) is 29.0 Å². The van der Waals surface area contributed by atoms with Crippen LogP contribution in [-0.4, -0.2) is 33.2 Å². The molecule has 38 heavy (non-hydrogen) atoms. The zero-order valence-electron chi connectivity index (χ0n) is 20.7. The highest BCUT2D eigenvalue weighted by atomic mass is 35.5. The van der Waals surface area contributed by atoms with Gasteiger partial charge in [-0.05, 0) is 56.2 Å². The zero-order valence-corrected chi connectivity index (χ0v) is 22.2. The van der Waals surface area contributed by atoms with E-state index in [1.807, 2.05) is 30.8 Å². The van der Waals surface area contributed by atoms with Crippen molar-refractivity contribution in [2.75, 3.05) is 23.8 Å². The Hall–Kier alpha value is -3.71. The molecule has 1 aliphatic heterocycles. The lowest BCUT2D eigenvalue weighted by molar-refractivity contribution is 0.153. The highest BCUT2D eigenvalue weighted by molar-refractivity contribution is 6.36. The Morgan fingerprint density at radius 1 is 1.16 bits per heavy atom. The average Bonchev–Trinajstić information content (AvgIpc) is 3.41. The van der Waals surface area contributed by atoms with E-state index in [0.29, 0.717) is 51.8 Å². The molecule has 8 nitrogen and oxygen atoms in total. The van der Waals surface area contributed by atoms with Crippen molar-refractivity contribution in [2.45, 2.75) is 32.4 Å². The predicted octanol–water partition coefficient (Wildman–Crippen LogP) is 6.97. The van der Waals surface area contributed by atoms with Crippen LogP contribution in [0.2, 0.25) is 10.0 Å². The van der Waals surface area contributed by atoms with Crippen molar-refractivity contribution in [3.8, 4) is 6.07 Å². The summed E-state index contributed by atoms with van der Waals surface area (Å²) >= 11 is 12.7. The Balaban J connectivity index is 1.59. The van der Waals surface area contributed by atoms with Gasteiger partial charge in [0.1, 0.15) is 17.6 Å². The molecule has 0 radical (unpaired) electrons. The second kappa shape index (κ2) is 11.0. The zero-order chi connectivity index (χ0) is 26.8. The summed E-state index contributed by atoms with van der Waals surface area (Å²) in [5.41, 5.74) is 4.42. The fourth-order valence-electron chi connectivity index (χ4n) is 4.28. The van der Waals surface area contributed by atoms with Gasteiger partial charge in [0.25, 0.3) is 0 Å². The topological polar surface area (TPSA) is 101 Å². The van der Waals surface area contributed by atoms with Crippen molar-refractivity contribution in [1.82, 2.24) is 20.0 Å². The lowest BCUT2D eigenvalue weighted by Crippen LogP contribution is -2.18. The summed E-state index contributed by atoms with van der Waals surface area (Å²) in [6.07, 6.45) is 6.18. The number of pyridine rings is 1. The molecule has 2 aromatic carbocycles. The molecule has 1 aliphatic rings. The summed E-state index contributed by atoms with van der Waals surface area (Å²) in [5.74, 6) is -0.533. The normalized spacial score (nSPS) is 14.3. The fourth-order valence-corrected chi connectivity index (χ4v) is 4.73. The van der Waals surface area contributed by atoms with Gasteiger partial charge in [-0.3, -0.25) is 4.98 Å². The average molecular weight is 552 g/mol. The molecule has 0 saturated carbocycles. The van der Waals surface area contributed by atoms with E-state index >= 15 is 0 Å². The molecule has 11 heteroatoms. The first-order valence-electron chi connectivity index (χ1n) is 12.0. The number of ether oxygens (including phenoxy) is 1. The molecular weight excluding hydrogens is 528 g/mol. The number of hydrogen-bond donors (Lipinski definition) is 2. The first kappa shape index (κ1) is 25.9. The minimum absolute atomic E-state index is 0.0331. The van der Waals surface area contributed by atoms with Crippen LogP contribution in [0.3, 0.4) is 0 Å². The van der Waals surface area contributed by atoms with Crippen LogP contribution in [-0.2, 0) is 4.74 Å². The first-order valence-corrected chi connectivity index (χ1v) is 12.8. The third-order valence-corrected chi connectivity index (χ3v) is 6.85. The molecule has 0 spiro atoms. The van der Waals surface area contributed by atoms with Crippen LogP contribution in [0.1, 0.15) is 43.6 Å². The number of hydrogen-bond acceptors (Lipinski definition) is 7. The van der Waals surface area contributed by atoms with Gasteiger partial charge in [-0.2, -0.15) is 5.26 Å². The second-order valence-electron chi connectivity index (χ2n) is 9.17. The molecule has 0 fully saturated rings. The van der Waals surface area contributed by atoms with Gasteiger partial charge < -0.3 is 15.4 Å². The number of nitriles is 1. The van der Waals surface area contributed by atoms with Gasteiger partial charge in [-0.25, -0.2) is 9.07 Å². The van der Waals surface area contributed by atoms with Crippen LogP contribution in [0.25, 0.3) is 10.9 Å². The van der Waals surface area contributed by atoms with Crippen molar-refractivity contribution in [3.63, 3.8) is 0 Å². The molecule has 0 saturated heterocycles. The van der Waals surface area contributed by atoms with Crippen LogP contribution in [0, 0.1) is 17.1 Å². The number of aromatic nitrogens is 4. The third-order valence-electron chi connectivity index (χ3n) is 6.27. The molecule has 1 atom stereocenters. The van der Waals surface area contributed by atoms with Crippen molar-refractivity contribution in [1.29, 1.82) is 5.26 Å². The van der Waals surface area contributed by atoms with Crippen molar-refractivity contribution >= 4 is 51.2 Å². The number of nitrogens with zero attached hydrogens (tertiary/aromatic N) is 5. The number of fused-ring (bicyclic) bond motifs is 1. The Kier molecular flexibility index (Phi) is 7.47. The van der Waals surface area contributed by atoms with E-state index in [-0.39, 0.29) is 17.1 Å². The maximum atomic E-state index is 13.7. The molecule has 0 aliphatic carbocycles. The smallest absolute Gasteiger partial charge is 0.141 e. The standard InChI is InChI=1S/C27H24Cl2FN7O/c1-15(2)37-14-24(35-36-37)26(16-5-7-38-8-6-16)34-19-9-20-25(33-18-3-4-23(30)21(28)10-18)17(12-31)13-32-27(20)22(29)11-19/h3-5,9-11,13-15,26,34H,6-8H2,1-2H3,(H,32,33). The van der Waals surface area contributed by atoms with Crippen LogP contribution in [0.4, 0.5) is 21.5 Å². The van der Waals surface area contributed by atoms with E-state index in [2.05, 4.69) is 38.1 Å². The Morgan fingerprint density at radius 3 is 2.66 bits per heavy atom. The highest BCUT2D eigenvalue weighted by Gasteiger charge is 2.23. The minimum Gasteiger partial charge on any atom is -0.377 e. The van der Waals surface area contributed by atoms with Crippen molar-refractivity contribution in [3.05, 3.63) is 81.5 Å². The number of benzene rings is 2. The molecular formula is C27H24Cl2FN7O. The lowest BCUT2D eigenvalue weighted by Gasteiger charge is -2.24. The fraction of sp³-hybridized carbons (Fsp3) is 0.259. The second-order valence-corrected chi connectivity index (χ2v) is 9.98. The van der Waals surface area contributed by atoms with Gasteiger partial charge >= 0.3 is 0 Å². The largest absolute Gasteiger partial charge is 0.377 e. The van der Waals surface area contributed by atoms with Crippen LogP contribution < -0.4 is 10.6 Å². The summed E-state index contributed by atoms with van der Waals surface area (Å²) < 4.78 is 21.1. The molecule has 1 unspecified atom stereocenters. The van der Waals surface area contributed by atoms with Crippen LogP contribution >= 0.6 is 23.2 Å². The SMILES string of the molecule is CC(C)n1cc(C(Nc2cc(Cl)c3ncc(C#N)c(Nc4ccc(F)c(Cl)c4)c3c2)C2=CCOCC2)nn1. The highest BCUT2D eigenvalue weighted by Crippen LogP contribution is 2.37. The van der Waals surface area contributed by atoms with Gasteiger partial charge in [-0.15, -0.1) is 5.10 Å². The predicted molar refractivity (Wildman–Crippen MR) is 146 cm³/mol. The Bertz CT molecular complexity index is 1580. The van der Waals surface area contributed by atoms with Crippen LogP contribution in [0.15, 0.2) is 54.4 Å². The Labute approximate surface area is 229 Å². The maximum absolute atomic E-state index is 13.7. The third kappa shape index (κ3) is 5.29. The first-order chi connectivity index (χ1) is 18.3. The molecule has 194 valence electrons. The number of rotatable bonds is 7. The number of anilines is 3. The van der Waals surface area contributed by atoms with E-state index < -0.39 is 5.82 Å². The van der Waals surface area contributed by atoms with Crippen molar-refractivity contribution in [2.24, 2.45) is 0 Å². The van der Waals surface area contributed by atoms with E-state index in [4.69, 9.17) is 27.9 Å². The van der Waals surface area contributed by atoms with E-state index in [0.717, 1.165) is 17.7 Å². The maximum Gasteiger partial charge on any atom is 0.141 e. The van der Waals surface area contributed by atoms with Gasteiger partial charge in [0.15, 0.2) is 0 Å². The molecule has 5 rings (SSSR count). The molecule has 0 bridgehead atoms. The lowest BCUT2D eigenvalue weighted by atomic mass is 9.99. The summed E-state index contributed by atoms with van der Waals surface area (Å²) in [4.78, 5) is 4.41. The van der Waals surface area contributed by atoms with Gasteiger partial charge in [0.05, 0.1) is 52.3 Å². The summed E-state index contributed by atoms with van der Waals surface area (Å²) in [5, 5.41) is 26.3. The van der Waals surface area contributed by atoms with Crippen LogP contribution in [0.5, 0.6) is 0 Å². The molecule has 2 N–H and O–H groups in total. The number of nitrogens with one attached hydrogen (secondary N) is 2. The summed E-state index contributed by atoms with van der Waals surface area (Å²) in [7, 11) is 0. The van der Waals surface area contributed by atoms with E-state index in [1.54, 1.807) is 12.1 Å². The summed E-state index contributed by atoms with van der Waals surface area (Å²) in [6.45, 7) is 5.22. The molecule has 0 amide bonds. The van der Waals surface area contributed by atoms with Gasteiger partial charge in [-0.1, -0.05) is 34.5 Å². The molecule has 4 aromatic rings. The van der Waals surface area contributed by atoms with E-state index in [1.165, 1.54) is 18.3 Å². The quantitative estimate of drug-likeness (QED) is 0.239. The van der Waals surface area contributed by atoms with E-state index in [9.17, 15) is 9.65 Å². The monoisotopic (exact) mass is 551 g/mol. The Morgan fingerprint density at radius 2 is 1.97 bits per heavy atom. The minimum atomic E-state index is -0.533. The van der Waals surface area contributed by atoms with Gasteiger partial charge in [0.2, 0.25) is 0 Å². The molecule has 2 aromatic heterocycles. The summed E-state index contributed by atoms with van der Waals surface area (Å²) in [6, 6.07) is 10.0. The van der Waals surface area contributed by atoms with Crippen molar-refractivity contribution < 1.29 is 9.13 Å². The number of halogens is 3. The molecule has 3 heterocycles.